The van der Waals surface area contributed by atoms with Crippen LogP contribution in [0.1, 0.15) is 0 Å². The third-order valence-electron chi connectivity index (χ3n) is 2.19. The Bertz CT molecular complexity index is 610. The highest BCUT2D eigenvalue weighted by Gasteiger charge is 2.09. The van der Waals surface area contributed by atoms with Gasteiger partial charge in [0.05, 0.1) is 7.11 Å². The minimum absolute atomic E-state index is 0.242. The maximum Gasteiger partial charge on any atom is 0.271 e. The molecule has 0 aliphatic carbocycles. The second-order valence-corrected chi connectivity index (χ2v) is 3.76. The molecule has 2 N–H and O–H groups in total. The van der Waals surface area contributed by atoms with E-state index in [0.29, 0.717) is 16.5 Å². The maximum absolute atomic E-state index is 11.7. The van der Waals surface area contributed by atoms with Crippen molar-refractivity contribution in [2.45, 2.75) is 0 Å². The summed E-state index contributed by atoms with van der Waals surface area (Å²) in [6.07, 6.45) is 0. The van der Waals surface area contributed by atoms with Gasteiger partial charge < -0.3 is 10.5 Å². The summed E-state index contributed by atoms with van der Waals surface area (Å²) in [6.45, 7) is 0. The van der Waals surface area contributed by atoms with Crippen molar-refractivity contribution >= 4 is 17.4 Å². The molecule has 0 aliphatic heterocycles. The van der Waals surface area contributed by atoms with E-state index < -0.39 is 0 Å². The average Bonchev–Trinajstić information content (AvgIpc) is 2.32. The standard InChI is InChI=1S/C11H10ClN3O2/c1-17-9-3-2-7(12)6-8(9)15-11(16)5-4-10(13)14-15/h2-6H,1H3,(H2,13,14). The second-order valence-electron chi connectivity index (χ2n) is 3.32. The first-order valence-electron chi connectivity index (χ1n) is 4.81. The lowest BCUT2D eigenvalue weighted by molar-refractivity contribution is 0.411. The Balaban J connectivity index is 2.71. The van der Waals surface area contributed by atoms with E-state index in [9.17, 15) is 4.79 Å². The van der Waals surface area contributed by atoms with Crippen LogP contribution in [-0.2, 0) is 0 Å². The van der Waals surface area contributed by atoms with E-state index in [1.807, 2.05) is 0 Å². The van der Waals surface area contributed by atoms with Crippen LogP contribution in [0.3, 0.4) is 0 Å². The molecule has 0 spiro atoms. The topological polar surface area (TPSA) is 70.1 Å². The Hall–Kier alpha value is -2.01. The first-order valence-corrected chi connectivity index (χ1v) is 5.19. The summed E-state index contributed by atoms with van der Waals surface area (Å²) in [6, 6.07) is 7.70. The number of rotatable bonds is 2. The summed E-state index contributed by atoms with van der Waals surface area (Å²) in [5.74, 6) is 0.737. The lowest BCUT2D eigenvalue weighted by Crippen LogP contribution is -2.21. The molecule has 1 heterocycles. The highest BCUT2D eigenvalue weighted by molar-refractivity contribution is 6.30. The number of ether oxygens (including phenoxy) is 1. The van der Waals surface area contributed by atoms with Crippen LogP contribution in [0.5, 0.6) is 5.75 Å². The van der Waals surface area contributed by atoms with Crippen molar-refractivity contribution in [3.63, 3.8) is 0 Å². The molecule has 0 amide bonds. The predicted octanol–water partition coefficient (Wildman–Crippen LogP) is 1.48. The molecule has 0 radical (unpaired) electrons. The van der Waals surface area contributed by atoms with Gasteiger partial charge in [0.25, 0.3) is 5.56 Å². The Morgan fingerprint density at radius 1 is 1.35 bits per heavy atom. The van der Waals surface area contributed by atoms with Crippen LogP contribution in [0.15, 0.2) is 35.1 Å². The number of aromatic nitrogens is 2. The van der Waals surface area contributed by atoms with Crippen LogP contribution in [0.2, 0.25) is 5.02 Å². The van der Waals surface area contributed by atoms with Gasteiger partial charge in [-0.2, -0.15) is 4.68 Å². The molecule has 0 atom stereocenters. The number of halogens is 1. The maximum atomic E-state index is 11.7. The average molecular weight is 252 g/mol. The first kappa shape index (κ1) is 11.5. The van der Waals surface area contributed by atoms with E-state index in [0.717, 1.165) is 4.68 Å². The number of nitrogens with two attached hydrogens (primary N) is 1. The molecule has 0 aliphatic rings. The van der Waals surface area contributed by atoms with Crippen molar-refractivity contribution in [1.29, 1.82) is 0 Å². The highest BCUT2D eigenvalue weighted by Crippen LogP contribution is 2.24. The highest BCUT2D eigenvalue weighted by atomic mass is 35.5. The molecular weight excluding hydrogens is 242 g/mol. The number of benzene rings is 1. The minimum Gasteiger partial charge on any atom is -0.494 e. The zero-order valence-electron chi connectivity index (χ0n) is 9.05. The molecule has 0 bridgehead atoms. The Morgan fingerprint density at radius 2 is 2.12 bits per heavy atom. The molecule has 0 fully saturated rings. The number of methoxy groups -OCH3 is 1. The van der Waals surface area contributed by atoms with Gasteiger partial charge in [-0.1, -0.05) is 11.6 Å². The zero-order chi connectivity index (χ0) is 12.4. The molecule has 2 rings (SSSR count). The lowest BCUT2D eigenvalue weighted by Gasteiger charge is -2.10. The van der Waals surface area contributed by atoms with Crippen LogP contribution < -0.4 is 16.0 Å². The van der Waals surface area contributed by atoms with Crippen molar-refractivity contribution in [3.8, 4) is 11.4 Å². The number of anilines is 1. The van der Waals surface area contributed by atoms with E-state index in [4.69, 9.17) is 22.1 Å². The molecule has 88 valence electrons. The molecule has 0 unspecified atom stereocenters. The van der Waals surface area contributed by atoms with Crippen molar-refractivity contribution in [1.82, 2.24) is 9.78 Å². The van der Waals surface area contributed by atoms with E-state index in [-0.39, 0.29) is 11.4 Å². The van der Waals surface area contributed by atoms with E-state index in [2.05, 4.69) is 5.10 Å². The van der Waals surface area contributed by atoms with Crippen LogP contribution in [0.4, 0.5) is 5.82 Å². The third-order valence-corrected chi connectivity index (χ3v) is 2.43. The summed E-state index contributed by atoms with van der Waals surface area (Å²) in [7, 11) is 1.50. The number of hydrogen-bond acceptors (Lipinski definition) is 4. The van der Waals surface area contributed by atoms with Crippen LogP contribution >= 0.6 is 11.6 Å². The largest absolute Gasteiger partial charge is 0.494 e. The SMILES string of the molecule is COc1ccc(Cl)cc1-n1nc(N)ccc1=O. The van der Waals surface area contributed by atoms with Gasteiger partial charge in [0, 0.05) is 11.1 Å². The van der Waals surface area contributed by atoms with E-state index in [1.54, 1.807) is 18.2 Å². The number of nitrogens with zero attached hydrogens (tertiary/aromatic N) is 2. The predicted molar refractivity (Wildman–Crippen MR) is 65.8 cm³/mol. The molecule has 5 nitrogen and oxygen atoms in total. The van der Waals surface area contributed by atoms with Gasteiger partial charge in [-0.05, 0) is 24.3 Å². The van der Waals surface area contributed by atoms with Gasteiger partial charge in [-0.3, -0.25) is 4.79 Å². The van der Waals surface area contributed by atoms with Crippen molar-refractivity contribution in [2.24, 2.45) is 0 Å². The van der Waals surface area contributed by atoms with Crippen LogP contribution in [0, 0.1) is 0 Å². The van der Waals surface area contributed by atoms with Crippen LogP contribution in [0.25, 0.3) is 5.69 Å². The zero-order valence-corrected chi connectivity index (χ0v) is 9.81. The van der Waals surface area contributed by atoms with E-state index in [1.165, 1.54) is 19.2 Å². The summed E-state index contributed by atoms with van der Waals surface area (Å²) in [4.78, 5) is 11.7. The number of hydrogen-bond donors (Lipinski definition) is 1. The Morgan fingerprint density at radius 3 is 2.82 bits per heavy atom. The molecular formula is C11H10ClN3O2. The van der Waals surface area contributed by atoms with Gasteiger partial charge in [0.1, 0.15) is 17.3 Å². The fourth-order valence-corrected chi connectivity index (χ4v) is 1.59. The number of nitrogen functional groups attached to an aromatic ring is 1. The molecule has 0 saturated carbocycles. The summed E-state index contributed by atoms with van der Waals surface area (Å²) in [5, 5.41) is 4.42. The van der Waals surface area contributed by atoms with E-state index >= 15 is 0 Å². The first-order chi connectivity index (χ1) is 8.11. The third kappa shape index (κ3) is 2.24. The molecule has 1 aromatic carbocycles. The molecule has 2 aromatic rings. The molecule has 0 saturated heterocycles. The molecule has 17 heavy (non-hydrogen) atoms. The quantitative estimate of drug-likeness (QED) is 0.878. The fraction of sp³-hybridized carbons (Fsp3) is 0.0909. The van der Waals surface area contributed by atoms with Crippen molar-refractivity contribution < 1.29 is 4.74 Å². The lowest BCUT2D eigenvalue weighted by atomic mass is 10.3. The van der Waals surface area contributed by atoms with Gasteiger partial charge in [-0.15, -0.1) is 5.10 Å². The van der Waals surface area contributed by atoms with Crippen molar-refractivity contribution in [3.05, 3.63) is 45.7 Å². The Kier molecular flexibility index (Phi) is 3.01. The molecule has 1 aromatic heterocycles. The van der Waals surface area contributed by atoms with Crippen LogP contribution in [-0.4, -0.2) is 16.9 Å². The Labute approximate surface area is 102 Å². The van der Waals surface area contributed by atoms with Gasteiger partial charge in [-0.25, -0.2) is 0 Å². The smallest absolute Gasteiger partial charge is 0.271 e. The fourth-order valence-electron chi connectivity index (χ4n) is 1.43. The summed E-state index contributed by atoms with van der Waals surface area (Å²) >= 11 is 5.89. The normalized spacial score (nSPS) is 10.2. The van der Waals surface area contributed by atoms with Gasteiger partial charge >= 0.3 is 0 Å². The minimum atomic E-state index is -0.306. The second kappa shape index (κ2) is 4.47. The van der Waals surface area contributed by atoms with Gasteiger partial charge in [0.15, 0.2) is 0 Å². The summed E-state index contributed by atoms with van der Waals surface area (Å²) in [5.41, 5.74) is 5.70. The van der Waals surface area contributed by atoms with Crippen molar-refractivity contribution in [2.75, 3.05) is 12.8 Å². The summed E-state index contributed by atoms with van der Waals surface area (Å²) < 4.78 is 6.30. The van der Waals surface area contributed by atoms with Gasteiger partial charge in [0.2, 0.25) is 0 Å². The molecule has 6 heteroatoms. The monoisotopic (exact) mass is 251 g/mol.